The van der Waals surface area contributed by atoms with Crippen molar-refractivity contribution < 1.29 is 0 Å². The molecule has 3 fully saturated rings. The van der Waals surface area contributed by atoms with Crippen molar-refractivity contribution in [3.05, 3.63) is 36.2 Å². The minimum Gasteiger partial charge on any atom is -0.119 e. The summed E-state index contributed by atoms with van der Waals surface area (Å²) >= 11 is 2.08. The van der Waals surface area contributed by atoms with Crippen molar-refractivity contribution in [1.29, 1.82) is 0 Å². The minimum atomic E-state index is 0.649. The van der Waals surface area contributed by atoms with E-state index in [0.29, 0.717) is 4.75 Å². The molecule has 3 aliphatic rings. The maximum absolute atomic E-state index is 2.22. The van der Waals surface area contributed by atoms with E-state index in [1.807, 2.05) is 0 Å². The van der Waals surface area contributed by atoms with Crippen LogP contribution in [0.25, 0.3) is 0 Å². The van der Waals surface area contributed by atoms with E-state index in [4.69, 9.17) is 0 Å². The van der Waals surface area contributed by atoms with Crippen LogP contribution < -0.4 is 0 Å². The van der Waals surface area contributed by atoms with Crippen molar-refractivity contribution in [2.75, 3.05) is 0 Å². The van der Waals surface area contributed by atoms with E-state index in [2.05, 4.69) is 42.1 Å². The minimum absolute atomic E-state index is 0.649. The fourth-order valence-electron chi connectivity index (χ4n) is 2.06. The molecule has 4 rings (SSSR count). The zero-order valence-corrected chi connectivity index (χ0v) is 7.73. The molecule has 0 atom stereocenters. The summed E-state index contributed by atoms with van der Waals surface area (Å²) in [6.45, 7) is 0. The van der Waals surface area contributed by atoms with Crippen LogP contribution in [-0.2, 0) is 0 Å². The van der Waals surface area contributed by atoms with Gasteiger partial charge < -0.3 is 0 Å². The molecule has 61 valence electrons. The van der Waals surface area contributed by atoms with Crippen LogP contribution in [-0.4, -0.2) is 4.75 Å². The monoisotopic (exact) mass is 175 g/mol. The molecular weight excluding hydrogens is 164 g/mol. The fraction of sp³-hybridized carbons (Fsp3) is 0.364. The molecule has 0 aliphatic heterocycles. The van der Waals surface area contributed by atoms with Crippen LogP contribution in [0.2, 0.25) is 0 Å². The van der Waals surface area contributed by atoms with E-state index in [9.17, 15) is 0 Å². The van der Waals surface area contributed by atoms with Crippen molar-refractivity contribution in [3.63, 3.8) is 0 Å². The molecule has 12 heavy (non-hydrogen) atoms. The first-order valence-electron chi connectivity index (χ1n) is 4.44. The van der Waals surface area contributed by atoms with Crippen LogP contribution in [0, 0.1) is 5.92 Å². The van der Waals surface area contributed by atoms with Crippen LogP contribution in [0.1, 0.15) is 19.3 Å². The highest BCUT2D eigenvalue weighted by Gasteiger charge is 2.57. The molecule has 2 bridgehead atoms. The molecule has 0 aromatic heterocycles. The van der Waals surface area contributed by atoms with E-state index in [1.54, 1.807) is 5.92 Å². The second kappa shape index (κ2) is 2.29. The van der Waals surface area contributed by atoms with Crippen LogP contribution in [0.3, 0.4) is 0 Å². The Kier molecular flexibility index (Phi) is 1.34. The molecular formula is C11H11S. The molecule has 3 saturated carbocycles. The Morgan fingerprint density at radius 1 is 1.00 bits per heavy atom. The van der Waals surface area contributed by atoms with E-state index in [1.165, 1.54) is 24.2 Å². The van der Waals surface area contributed by atoms with E-state index in [0.717, 1.165) is 0 Å². The van der Waals surface area contributed by atoms with E-state index < -0.39 is 0 Å². The molecule has 0 saturated heterocycles. The third-order valence-corrected chi connectivity index (χ3v) is 4.17. The Hall–Kier alpha value is -0.430. The van der Waals surface area contributed by atoms with Crippen LogP contribution in [0.5, 0.6) is 0 Å². The van der Waals surface area contributed by atoms with Crippen molar-refractivity contribution in [2.24, 2.45) is 0 Å². The third kappa shape index (κ3) is 0.925. The Balaban J connectivity index is 1.75. The summed E-state index contributed by atoms with van der Waals surface area (Å²) in [4.78, 5) is 1.44. The quantitative estimate of drug-likeness (QED) is 0.664. The topological polar surface area (TPSA) is 0 Å². The molecule has 1 aromatic rings. The van der Waals surface area contributed by atoms with Gasteiger partial charge in [0, 0.05) is 9.64 Å². The summed E-state index contributed by atoms with van der Waals surface area (Å²) in [5.41, 5.74) is 0. The van der Waals surface area contributed by atoms with E-state index >= 15 is 0 Å². The van der Waals surface area contributed by atoms with Crippen molar-refractivity contribution in [3.8, 4) is 0 Å². The van der Waals surface area contributed by atoms with Gasteiger partial charge in [0.15, 0.2) is 0 Å². The lowest BCUT2D eigenvalue weighted by Crippen LogP contribution is -2.53. The van der Waals surface area contributed by atoms with Gasteiger partial charge >= 0.3 is 0 Å². The summed E-state index contributed by atoms with van der Waals surface area (Å²) < 4.78 is 0.649. The van der Waals surface area contributed by atoms with Gasteiger partial charge in [0.1, 0.15) is 0 Å². The molecule has 1 heteroatoms. The van der Waals surface area contributed by atoms with Gasteiger partial charge in [-0.2, -0.15) is 0 Å². The molecule has 0 heterocycles. The van der Waals surface area contributed by atoms with Gasteiger partial charge in [0.25, 0.3) is 0 Å². The average molecular weight is 175 g/mol. The molecule has 0 unspecified atom stereocenters. The lowest BCUT2D eigenvalue weighted by molar-refractivity contribution is 0.233. The first kappa shape index (κ1) is 7.02. The lowest BCUT2D eigenvalue weighted by Gasteiger charge is -2.60. The number of rotatable bonds is 2. The number of thioether (sulfide) groups is 1. The maximum Gasteiger partial charge on any atom is 0.0223 e. The highest BCUT2D eigenvalue weighted by Crippen LogP contribution is 2.67. The first-order valence-corrected chi connectivity index (χ1v) is 5.26. The van der Waals surface area contributed by atoms with Gasteiger partial charge in [-0.3, -0.25) is 0 Å². The van der Waals surface area contributed by atoms with Gasteiger partial charge in [-0.25, -0.2) is 0 Å². The van der Waals surface area contributed by atoms with Crippen molar-refractivity contribution in [1.82, 2.24) is 0 Å². The Labute approximate surface area is 77.4 Å². The van der Waals surface area contributed by atoms with Gasteiger partial charge in [0.05, 0.1) is 0 Å². The predicted octanol–water partition coefficient (Wildman–Crippen LogP) is 3.29. The second-order valence-electron chi connectivity index (χ2n) is 3.88. The summed E-state index contributed by atoms with van der Waals surface area (Å²) in [6.07, 6.45) is 4.19. The summed E-state index contributed by atoms with van der Waals surface area (Å²) in [6, 6.07) is 10.8. The predicted molar refractivity (Wildman–Crippen MR) is 52.1 cm³/mol. The molecule has 0 spiro atoms. The fourth-order valence-corrected chi connectivity index (χ4v) is 3.68. The first-order chi connectivity index (χ1) is 5.86. The average Bonchev–Trinajstić information content (AvgIpc) is 1.97. The summed E-state index contributed by atoms with van der Waals surface area (Å²) in [5.74, 6) is 1.79. The van der Waals surface area contributed by atoms with Crippen molar-refractivity contribution in [2.45, 2.75) is 28.9 Å². The van der Waals surface area contributed by atoms with Crippen LogP contribution >= 0.6 is 11.8 Å². The SMILES string of the molecule is c1ccc(SC23C[C](C2)C3)cc1. The van der Waals surface area contributed by atoms with Crippen LogP contribution in [0.15, 0.2) is 35.2 Å². The zero-order valence-electron chi connectivity index (χ0n) is 6.92. The zero-order chi connectivity index (χ0) is 8.02. The van der Waals surface area contributed by atoms with Gasteiger partial charge in [-0.1, -0.05) is 18.2 Å². The molecule has 0 nitrogen and oxygen atoms in total. The molecule has 3 aliphatic carbocycles. The Bertz CT molecular complexity index is 274. The Morgan fingerprint density at radius 2 is 1.67 bits per heavy atom. The molecule has 1 aromatic carbocycles. The highest BCUT2D eigenvalue weighted by molar-refractivity contribution is 8.00. The largest absolute Gasteiger partial charge is 0.119 e. The van der Waals surface area contributed by atoms with Crippen molar-refractivity contribution >= 4 is 11.8 Å². The standard InChI is InChI=1S/C11H11S/c1-2-4-10(5-3-1)12-11-6-9(7-11)8-11/h1-5H,6-8H2. The highest BCUT2D eigenvalue weighted by atomic mass is 32.2. The second-order valence-corrected chi connectivity index (χ2v) is 5.42. The van der Waals surface area contributed by atoms with Gasteiger partial charge in [-0.05, 0) is 37.3 Å². The van der Waals surface area contributed by atoms with Gasteiger partial charge in [-0.15, -0.1) is 11.8 Å². The smallest absolute Gasteiger partial charge is 0.0223 e. The third-order valence-electron chi connectivity index (χ3n) is 2.79. The normalized spacial score (nSPS) is 24.3. The molecule has 0 N–H and O–H groups in total. The summed E-state index contributed by atoms with van der Waals surface area (Å²) in [7, 11) is 0. The summed E-state index contributed by atoms with van der Waals surface area (Å²) in [5, 5.41) is 0. The maximum atomic E-state index is 2.22. The number of hydrogen-bond acceptors (Lipinski definition) is 1. The lowest BCUT2D eigenvalue weighted by atomic mass is 9.55. The van der Waals surface area contributed by atoms with Gasteiger partial charge in [0.2, 0.25) is 0 Å². The van der Waals surface area contributed by atoms with Crippen LogP contribution in [0.4, 0.5) is 0 Å². The molecule has 0 amide bonds. The Morgan fingerprint density at radius 3 is 2.17 bits per heavy atom. The van der Waals surface area contributed by atoms with E-state index in [-0.39, 0.29) is 0 Å². The number of benzene rings is 1. The molecule has 1 radical (unpaired) electrons. The number of hydrogen-bond donors (Lipinski definition) is 0.